The Kier molecular flexibility index (Phi) is 6.13. The molecular formula is C18H26N2O2. The number of likely N-dealkylation sites (N-methyl/N-ethyl adjacent to an activating group) is 1. The summed E-state index contributed by atoms with van der Waals surface area (Å²) in [6, 6.07) is 7.56. The third-order valence-electron chi connectivity index (χ3n) is 4.42. The first-order valence-electron chi connectivity index (χ1n) is 8.17. The minimum absolute atomic E-state index is 0.00215. The van der Waals surface area contributed by atoms with E-state index in [0.717, 1.165) is 5.69 Å². The summed E-state index contributed by atoms with van der Waals surface area (Å²) in [4.78, 5) is 25.6. The average molecular weight is 302 g/mol. The molecule has 1 aromatic carbocycles. The van der Waals surface area contributed by atoms with Gasteiger partial charge in [0.15, 0.2) is 5.78 Å². The summed E-state index contributed by atoms with van der Waals surface area (Å²) in [6.45, 7) is 1.95. The lowest BCUT2D eigenvalue weighted by molar-refractivity contribution is -0.117. The summed E-state index contributed by atoms with van der Waals surface area (Å²) in [5.74, 6) is 0.0355. The largest absolute Gasteiger partial charge is 0.325 e. The number of Topliss-reactive ketones (excluding diaryl/α,β-unsaturated/α-hetero) is 1. The highest BCUT2D eigenvalue weighted by atomic mass is 16.2. The van der Waals surface area contributed by atoms with E-state index in [0.29, 0.717) is 18.2 Å². The van der Waals surface area contributed by atoms with Crippen LogP contribution >= 0.6 is 0 Å². The summed E-state index contributed by atoms with van der Waals surface area (Å²) in [6.07, 6.45) is 7.55. The molecule has 0 aromatic heterocycles. The molecule has 0 bridgehead atoms. The Hall–Kier alpha value is -1.68. The molecule has 1 aliphatic rings. The lowest BCUT2D eigenvalue weighted by Gasteiger charge is -2.26. The van der Waals surface area contributed by atoms with Crippen molar-refractivity contribution in [2.75, 3.05) is 18.9 Å². The van der Waals surface area contributed by atoms with Gasteiger partial charge in [-0.3, -0.25) is 14.5 Å². The molecule has 0 radical (unpaired) electrons. The Morgan fingerprint density at radius 2 is 1.68 bits per heavy atom. The predicted molar refractivity (Wildman–Crippen MR) is 89.2 cm³/mol. The van der Waals surface area contributed by atoms with Gasteiger partial charge in [-0.25, -0.2) is 0 Å². The second-order valence-corrected chi connectivity index (χ2v) is 6.24. The van der Waals surface area contributed by atoms with Gasteiger partial charge in [-0.05, 0) is 51.1 Å². The number of rotatable bonds is 5. The lowest BCUT2D eigenvalue weighted by atomic mass is 10.1. The van der Waals surface area contributed by atoms with E-state index in [1.807, 2.05) is 7.05 Å². The van der Waals surface area contributed by atoms with Gasteiger partial charge < -0.3 is 5.32 Å². The Morgan fingerprint density at radius 1 is 1.09 bits per heavy atom. The maximum atomic E-state index is 12.2. The van der Waals surface area contributed by atoms with E-state index in [2.05, 4.69) is 10.2 Å². The number of hydrogen-bond donors (Lipinski definition) is 1. The highest BCUT2D eigenvalue weighted by Crippen LogP contribution is 2.21. The van der Waals surface area contributed by atoms with Crippen molar-refractivity contribution < 1.29 is 9.59 Å². The van der Waals surface area contributed by atoms with Crippen LogP contribution in [-0.4, -0.2) is 36.2 Å². The van der Waals surface area contributed by atoms with Crippen LogP contribution in [0.25, 0.3) is 0 Å². The SMILES string of the molecule is CC(=O)c1ccc(NC(=O)CN(C)C2CCCCCC2)cc1. The normalized spacial score (nSPS) is 16.3. The molecule has 4 heteroatoms. The Balaban J connectivity index is 1.84. The van der Waals surface area contributed by atoms with Crippen molar-refractivity contribution in [3.63, 3.8) is 0 Å². The first-order valence-corrected chi connectivity index (χ1v) is 8.17. The van der Waals surface area contributed by atoms with Crippen LogP contribution in [0.2, 0.25) is 0 Å². The molecule has 1 amide bonds. The van der Waals surface area contributed by atoms with Gasteiger partial charge in [0.05, 0.1) is 6.54 Å². The molecule has 1 saturated carbocycles. The highest BCUT2D eigenvalue weighted by molar-refractivity contribution is 5.96. The van der Waals surface area contributed by atoms with Gasteiger partial charge in [-0.1, -0.05) is 25.7 Å². The van der Waals surface area contributed by atoms with Crippen LogP contribution in [0.5, 0.6) is 0 Å². The number of carbonyl (C=O) groups excluding carboxylic acids is 2. The van der Waals surface area contributed by atoms with Gasteiger partial charge in [0.25, 0.3) is 0 Å². The molecule has 0 aliphatic heterocycles. The van der Waals surface area contributed by atoms with E-state index in [4.69, 9.17) is 0 Å². The molecule has 2 rings (SSSR count). The van der Waals surface area contributed by atoms with Gasteiger partial charge >= 0.3 is 0 Å². The maximum Gasteiger partial charge on any atom is 0.238 e. The monoisotopic (exact) mass is 302 g/mol. The summed E-state index contributed by atoms with van der Waals surface area (Å²) < 4.78 is 0. The molecule has 1 N–H and O–H groups in total. The van der Waals surface area contributed by atoms with Crippen LogP contribution in [0.15, 0.2) is 24.3 Å². The van der Waals surface area contributed by atoms with Crippen molar-refractivity contribution in [3.05, 3.63) is 29.8 Å². The van der Waals surface area contributed by atoms with Crippen LogP contribution in [0, 0.1) is 0 Å². The van der Waals surface area contributed by atoms with Crippen molar-refractivity contribution in [2.24, 2.45) is 0 Å². The van der Waals surface area contributed by atoms with Gasteiger partial charge in [0.1, 0.15) is 0 Å². The molecule has 4 nitrogen and oxygen atoms in total. The van der Waals surface area contributed by atoms with Gasteiger partial charge in [0.2, 0.25) is 5.91 Å². The quantitative estimate of drug-likeness (QED) is 0.669. The number of ketones is 1. The van der Waals surface area contributed by atoms with Gasteiger partial charge in [0, 0.05) is 17.3 Å². The van der Waals surface area contributed by atoms with Crippen molar-refractivity contribution in [1.82, 2.24) is 4.90 Å². The fourth-order valence-electron chi connectivity index (χ4n) is 3.04. The third kappa shape index (κ3) is 4.95. The summed E-state index contributed by atoms with van der Waals surface area (Å²) >= 11 is 0. The topological polar surface area (TPSA) is 49.4 Å². The van der Waals surface area contributed by atoms with Crippen LogP contribution in [0.1, 0.15) is 55.8 Å². The Bertz CT molecular complexity index is 502. The van der Waals surface area contributed by atoms with Crippen LogP contribution in [0.3, 0.4) is 0 Å². The van der Waals surface area contributed by atoms with Crippen LogP contribution < -0.4 is 5.32 Å². The zero-order chi connectivity index (χ0) is 15.9. The highest BCUT2D eigenvalue weighted by Gasteiger charge is 2.18. The molecule has 0 saturated heterocycles. The summed E-state index contributed by atoms with van der Waals surface area (Å²) in [5.41, 5.74) is 1.40. The minimum Gasteiger partial charge on any atom is -0.325 e. The number of nitrogens with one attached hydrogen (secondary N) is 1. The van der Waals surface area contributed by atoms with E-state index in [1.54, 1.807) is 24.3 Å². The van der Waals surface area contributed by atoms with E-state index in [9.17, 15) is 9.59 Å². The van der Waals surface area contributed by atoms with E-state index < -0.39 is 0 Å². The minimum atomic E-state index is 0.00215. The van der Waals surface area contributed by atoms with Gasteiger partial charge in [-0.2, -0.15) is 0 Å². The second-order valence-electron chi connectivity index (χ2n) is 6.24. The molecule has 0 spiro atoms. The molecule has 0 heterocycles. The molecular weight excluding hydrogens is 276 g/mol. The Morgan fingerprint density at radius 3 is 2.23 bits per heavy atom. The number of nitrogens with zero attached hydrogens (tertiary/aromatic N) is 1. The first kappa shape index (κ1) is 16.7. The van der Waals surface area contributed by atoms with E-state index in [1.165, 1.54) is 45.4 Å². The molecule has 0 atom stereocenters. The molecule has 22 heavy (non-hydrogen) atoms. The molecule has 1 aliphatic carbocycles. The van der Waals surface area contributed by atoms with Crippen LogP contribution in [0.4, 0.5) is 5.69 Å². The first-order chi connectivity index (χ1) is 10.6. The number of hydrogen-bond acceptors (Lipinski definition) is 3. The number of anilines is 1. The second kappa shape index (κ2) is 8.08. The predicted octanol–water partition coefficient (Wildman–Crippen LogP) is 3.48. The van der Waals surface area contributed by atoms with E-state index in [-0.39, 0.29) is 11.7 Å². The average Bonchev–Trinajstić information content (AvgIpc) is 2.76. The molecule has 120 valence electrons. The van der Waals surface area contributed by atoms with Crippen molar-refractivity contribution in [3.8, 4) is 0 Å². The van der Waals surface area contributed by atoms with Gasteiger partial charge in [-0.15, -0.1) is 0 Å². The fraction of sp³-hybridized carbons (Fsp3) is 0.556. The Labute approximate surface area is 132 Å². The van der Waals surface area contributed by atoms with Crippen molar-refractivity contribution >= 4 is 17.4 Å². The zero-order valence-corrected chi connectivity index (χ0v) is 13.6. The standard InChI is InChI=1S/C18H26N2O2/c1-14(21)15-9-11-16(12-10-15)19-18(22)13-20(2)17-7-5-3-4-6-8-17/h9-12,17H,3-8,13H2,1-2H3,(H,19,22). The number of benzene rings is 1. The smallest absolute Gasteiger partial charge is 0.238 e. The molecule has 1 fully saturated rings. The summed E-state index contributed by atoms with van der Waals surface area (Å²) in [7, 11) is 2.04. The van der Waals surface area contributed by atoms with E-state index >= 15 is 0 Å². The van der Waals surface area contributed by atoms with Crippen molar-refractivity contribution in [2.45, 2.75) is 51.5 Å². The third-order valence-corrected chi connectivity index (χ3v) is 4.42. The number of amides is 1. The lowest BCUT2D eigenvalue weighted by Crippen LogP contribution is -2.37. The molecule has 1 aromatic rings. The zero-order valence-electron chi connectivity index (χ0n) is 13.6. The van der Waals surface area contributed by atoms with Crippen LogP contribution in [-0.2, 0) is 4.79 Å². The summed E-state index contributed by atoms with van der Waals surface area (Å²) in [5, 5.41) is 2.90. The number of carbonyl (C=O) groups is 2. The maximum absolute atomic E-state index is 12.2. The molecule has 0 unspecified atom stereocenters. The van der Waals surface area contributed by atoms with Crippen molar-refractivity contribution in [1.29, 1.82) is 0 Å². The fourth-order valence-corrected chi connectivity index (χ4v) is 3.04.